The number of primary amides is 1. The second kappa shape index (κ2) is 5.43. The molecule has 2 unspecified atom stereocenters. The average Bonchev–Trinajstić information content (AvgIpc) is 2.57. The number of amides is 1. The van der Waals surface area contributed by atoms with Gasteiger partial charge >= 0.3 is 5.97 Å². The molecule has 0 aromatic heterocycles. The summed E-state index contributed by atoms with van der Waals surface area (Å²) in [7, 11) is -7.55. The predicted octanol–water partition coefficient (Wildman–Crippen LogP) is -2.58. The lowest BCUT2D eigenvalue weighted by Crippen LogP contribution is -2.47. The number of sulfone groups is 1. The van der Waals surface area contributed by atoms with Gasteiger partial charge in [0, 0.05) is 0 Å². The molecule has 0 radical (unpaired) electrons. The van der Waals surface area contributed by atoms with Gasteiger partial charge in [0.25, 0.3) is 0 Å². The maximum Gasteiger partial charge on any atom is 0.322 e. The summed E-state index contributed by atoms with van der Waals surface area (Å²) in [6.45, 7) is 0. The van der Waals surface area contributed by atoms with Gasteiger partial charge in [0.1, 0.15) is 6.04 Å². The lowest BCUT2D eigenvalue weighted by atomic mass is 10.2. The Balaban J connectivity index is 2.83. The summed E-state index contributed by atoms with van der Waals surface area (Å²) >= 11 is 0. The number of carbonyl (C=O) groups excluding carboxylic acids is 1. The molecule has 4 N–H and O–H groups in total. The van der Waals surface area contributed by atoms with Gasteiger partial charge in [-0.05, 0) is 6.42 Å². The van der Waals surface area contributed by atoms with E-state index in [0.29, 0.717) is 0 Å². The van der Waals surface area contributed by atoms with Gasteiger partial charge in [0.15, 0.2) is 9.84 Å². The third kappa shape index (κ3) is 4.44. The van der Waals surface area contributed by atoms with Crippen molar-refractivity contribution >= 4 is 31.7 Å². The SMILES string of the molecule is NC(=O)CC(NS(=O)(=O)C1CCS(=O)(=O)C1)C(=O)O. The van der Waals surface area contributed by atoms with Crippen LogP contribution in [0.25, 0.3) is 0 Å². The number of sulfonamides is 1. The highest BCUT2D eigenvalue weighted by Crippen LogP contribution is 2.18. The maximum atomic E-state index is 11.8. The Bertz CT molecular complexity index is 580. The largest absolute Gasteiger partial charge is 0.480 e. The van der Waals surface area contributed by atoms with Gasteiger partial charge in [-0.25, -0.2) is 21.6 Å². The molecule has 110 valence electrons. The third-order valence-corrected chi connectivity index (χ3v) is 6.51. The molecule has 1 aliphatic rings. The molecule has 9 nitrogen and oxygen atoms in total. The van der Waals surface area contributed by atoms with Crippen LogP contribution in [0.2, 0.25) is 0 Å². The minimum atomic E-state index is -4.14. The number of rotatable bonds is 6. The standard InChI is InChI=1S/C8H14N2O7S2/c9-7(11)3-6(8(12)13)10-19(16,17)5-1-2-18(14,15)4-5/h5-6,10H,1-4H2,(H2,9,11)(H,12,13). The molecule has 0 spiro atoms. The molecular weight excluding hydrogens is 300 g/mol. The number of carboxylic acid groups (broad SMARTS) is 1. The molecule has 0 aliphatic carbocycles. The molecule has 11 heteroatoms. The molecule has 0 saturated carbocycles. The average molecular weight is 314 g/mol. The molecule has 1 fully saturated rings. The fourth-order valence-electron chi connectivity index (χ4n) is 1.68. The number of carboxylic acids is 1. The van der Waals surface area contributed by atoms with Crippen LogP contribution in [0.5, 0.6) is 0 Å². The second-order valence-electron chi connectivity index (χ2n) is 4.25. The van der Waals surface area contributed by atoms with Crippen LogP contribution < -0.4 is 10.5 Å². The van der Waals surface area contributed by atoms with E-state index in [4.69, 9.17) is 10.8 Å². The number of nitrogens with two attached hydrogens (primary N) is 1. The highest BCUT2D eigenvalue weighted by atomic mass is 32.2. The van der Waals surface area contributed by atoms with Crippen LogP contribution in [0, 0.1) is 0 Å². The van der Waals surface area contributed by atoms with E-state index in [2.05, 4.69) is 0 Å². The molecule has 0 bridgehead atoms. The van der Waals surface area contributed by atoms with Crippen molar-refractivity contribution in [3.05, 3.63) is 0 Å². The van der Waals surface area contributed by atoms with E-state index in [1.807, 2.05) is 4.72 Å². The first kappa shape index (κ1) is 15.9. The normalized spacial score (nSPS) is 23.9. The molecule has 1 saturated heterocycles. The van der Waals surface area contributed by atoms with Gasteiger partial charge in [-0.1, -0.05) is 0 Å². The highest BCUT2D eigenvalue weighted by Gasteiger charge is 2.39. The van der Waals surface area contributed by atoms with E-state index in [9.17, 15) is 26.4 Å². The lowest BCUT2D eigenvalue weighted by molar-refractivity contribution is -0.140. The molecule has 2 atom stereocenters. The zero-order valence-electron chi connectivity index (χ0n) is 9.77. The molecule has 1 aliphatic heterocycles. The van der Waals surface area contributed by atoms with Crippen molar-refractivity contribution < 1.29 is 31.5 Å². The zero-order chi connectivity index (χ0) is 14.8. The van der Waals surface area contributed by atoms with Crippen molar-refractivity contribution in [1.82, 2.24) is 4.72 Å². The summed E-state index contributed by atoms with van der Waals surface area (Å²) in [5.74, 6) is -3.34. The van der Waals surface area contributed by atoms with Crippen LogP contribution in [-0.2, 0) is 29.4 Å². The first-order valence-electron chi connectivity index (χ1n) is 5.26. The number of hydrogen-bond acceptors (Lipinski definition) is 6. The summed E-state index contributed by atoms with van der Waals surface area (Å²) < 4.78 is 47.9. The Morgan fingerprint density at radius 3 is 2.37 bits per heavy atom. The minimum absolute atomic E-state index is 0.0966. The van der Waals surface area contributed by atoms with Crippen LogP contribution in [0.1, 0.15) is 12.8 Å². The van der Waals surface area contributed by atoms with Crippen molar-refractivity contribution in [2.24, 2.45) is 5.73 Å². The van der Waals surface area contributed by atoms with Crippen LogP contribution in [-0.4, -0.2) is 56.6 Å². The Labute approximate surface area is 110 Å². The van der Waals surface area contributed by atoms with Crippen molar-refractivity contribution in [2.45, 2.75) is 24.1 Å². The van der Waals surface area contributed by atoms with Crippen molar-refractivity contribution in [1.29, 1.82) is 0 Å². The molecule has 1 amide bonds. The smallest absolute Gasteiger partial charge is 0.322 e. The minimum Gasteiger partial charge on any atom is -0.480 e. The van der Waals surface area contributed by atoms with E-state index in [1.54, 1.807) is 0 Å². The quantitative estimate of drug-likeness (QED) is 0.485. The summed E-state index contributed by atoms with van der Waals surface area (Å²) in [5, 5.41) is 7.58. The van der Waals surface area contributed by atoms with Crippen LogP contribution in [0.15, 0.2) is 0 Å². The van der Waals surface area contributed by atoms with E-state index >= 15 is 0 Å². The first-order valence-corrected chi connectivity index (χ1v) is 8.63. The van der Waals surface area contributed by atoms with Crippen LogP contribution >= 0.6 is 0 Å². The van der Waals surface area contributed by atoms with Crippen molar-refractivity contribution in [3.63, 3.8) is 0 Å². The maximum absolute atomic E-state index is 11.8. The fraction of sp³-hybridized carbons (Fsp3) is 0.750. The van der Waals surface area contributed by atoms with Gasteiger partial charge in [0.2, 0.25) is 15.9 Å². The molecule has 1 heterocycles. The molecule has 19 heavy (non-hydrogen) atoms. The number of carbonyl (C=O) groups is 2. The third-order valence-electron chi connectivity index (χ3n) is 2.64. The summed E-state index contributed by atoms with van der Waals surface area (Å²) in [4.78, 5) is 21.5. The molecule has 0 aromatic rings. The van der Waals surface area contributed by atoms with E-state index in [-0.39, 0.29) is 12.2 Å². The fourth-order valence-corrected chi connectivity index (χ4v) is 5.91. The monoisotopic (exact) mass is 314 g/mol. The van der Waals surface area contributed by atoms with Gasteiger partial charge in [-0.15, -0.1) is 0 Å². The van der Waals surface area contributed by atoms with E-state index in [0.717, 1.165) is 0 Å². The van der Waals surface area contributed by atoms with Gasteiger partial charge in [0.05, 0.1) is 23.2 Å². The Morgan fingerprint density at radius 1 is 1.42 bits per heavy atom. The number of nitrogens with one attached hydrogen (secondary N) is 1. The summed E-state index contributed by atoms with van der Waals surface area (Å²) in [6.07, 6.45) is -0.797. The number of aliphatic carboxylic acids is 1. The van der Waals surface area contributed by atoms with E-state index in [1.165, 1.54) is 0 Å². The first-order chi connectivity index (χ1) is 8.53. The summed E-state index contributed by atoms with van der Waals surface area (Å²) in [6, 6.07) is -1.69. The Morgan fingerprint density at radius 2 is 2.00 bits per heavy atom. The van der Waals surface area contributed by atoms with Crippen molar-refractivity contribution in [3.8, 4) is 0 Å². The molecular formula is C8H14N2O7S2. The van der Waals surface area contributed by atoms with Crippen LogP contribution in [0.4, 0.5) is 0 Å². The number of hydrogen-bond donors (Lipinski definition) is 3. The second-order valence-corrected chi connectivity index (χ2v) is 8.47. The Kier molecular flexibility index (Phi) is 4.53. The van der Waals surface area contributed by atoms with E-state index < -0.39 is 55.2 Å². The van der Waals surface area contributed by atoms with Gasteiger partial charge in [-0.2, -0.15) is 0 Å². The van der Waals surface area contributed by atoms with Crippen LogP contribution in [0.3, 0.4) is 0 Å². The van der Waals surface area contributed by atoms with Gasteiger partial charge in [-0.3, -0.25) is 9.59 Å². The molecule has 1 rings (SSSR count). The topological polar surface area (TPSA) is 161 Å². The zero-order valence-corrected chi connectivity index (χ0v) is 11.4. The summed E-state index contributed by atoms with van der Waals surface area (Å²) in [5.41, 5.74) is 4.81. The van der Waals surface area contributed by atoms with Crippen molar-refractivity contribution in [2.75, 3.05) is 11.5 Å². The Hall–Kier alpha value is -1.20. The highest BCUT2D eigenvalue weighted by molar-refractivity contribution is 7.95. The lowest BCUT2D eigenvalue weighted by Gasteiger charge is -2.16. The predicted molar refractivity (Wildman–Crippen MR) is 64.3 cm³/mol. The van der Waals surface area contributed by atoms with Gasteiger partial charge < -0.3 is 10.8 Å². The molecule has 0 aromatic carbocycles.